The molecule has 0 spiro atoms. The van der Waals surface area contributed by atoms with Crippen LogP contribution in [-0.4, -0.2) is 54.9 Å². The van der Waals surface area contributed by atoms with Crippen LogP contribution < -0.4 is 16.0 Å². The largest absolute Gasteiger partial charge is 0.341 e. The first-order chi connectivity index (χ1) is 15.5. The van der Waals surface area contributed by atoms with Gasteiger partial charge in [0.25, 0.3) is 0 Å². The lowest BCUT2D eigenvalue weighted by Crippen LogP contribution is -2.43. The third-order valence-corrected chi connectivity index (χ3v) is 5.97. The zero-order valence-corrected chi connectivity index (χ0v) is 20.7. The molecule has 8 heteroatoms. The van der Waals surface area contributed by atoms with Crippen molar-refractivity contribution in [2.24, 2.45) is 15.9 Å². The maximum atomic E-state index is 12.2. The summed E-state index contributed by atoms with van der Waals surface area (Å²) in [7, 11) is 1.80. The van der Waals surface area contributed by atoms with Gasteiger partial charge in [-0.1, -0.05) is 38.5 Å². The fourth-order valence-electron chi connectivity index (χ4n) is 3.86. The average Bonchev–Trinajstić information content (AvgIpc) is 2.78. The average molecular weight is 459 g/mol. The zero-order valence-electron chi connectivity index (χ0n) is 19.9. The van der Waals surface area contributed by atoms with Crippen LogP contribution in [0.15, 0.2) is 28.2 Å². The lowest BCUT2D eigenvalue weighted by molar-refractivity contribution is 0.237. The van der Waals surface area contributed by atoms with Gasteiger partial charge in [-0.25, -0.2) is 9.79 Å². The number of unbranched alkanes of at least 4 members (excludes halogenated alkanes) is 1. The molecule has 0 aliphatic carbocycles. The first kappa shape index (κ1) is 25.8. The number of carbonyl (C=O) groups excluding carboxylic acids is 1. The van der Waals surface area contributed by atoms with Gasteiger partial charge in [0.2, 0.25) is 5.96 Å². The normalized spacial score (nSPS) is 15.1. The van der Waals surface area contributed by atoms with Crippen molar-refractivity contribution in [1.29, 1.82) is 0 Å². The minimum atomic E-state index is -0.266. The molecule has 7 nitrogen and oxygen atoms in total. The number of carbonyl (C=O) groups is 1. The topological polar surface area (TPSA) is 81.1 Å². The summed E-state index contributed by atoms with van der Waals surface area (Å²) in [4.78, 5) is 23.3. The minimum Gasteiger partial charge on any atom is -0.341 e. The van der Waals surface area contributed by atoms with Crippen molar-refractivity contribution in [3.8, 4) is 0 Å². The molecule has 1 aromatic rings. The fraction of sp³-hybridized carbons (Fsp3) is 0.583. The standard InChI is InChI=1S/C24H38N6OS/c1-5-7-14-26-22(25-4)30-16-12-19(13-17-30)11-15-27-23(31)29-24(32)28-21-18(3)9-8-10-20(21)6-2/h8-10,14,19H,5-7,11-13,15-17H2,1-4H3,(H3,27,28,29,31,32). The van der Waals surface area contributed by atoms with Gasteiger partial charge in [0.05, 0.1) is 0 Å². The van der Waals surface area contributed by atoms with E-state index in [0.717, 1.165) is 68.8 Å². The van der Waals surface area contributed by atoms with E-state index in [-0.39, 0.29) is 6.03 Å². The Balaban J connectivity index is 1.69. The van der Waals surface area contributed by atoms with Gasteiger partial charge in [-0.3, -0.25) is 10.3 Å². The SMILES string of the molecule is CCCC=NC(=NC)N1CCC(CCNC(=O)NC(=S)Nc2c(C)cccc2CC)CC1. The van der Waals surface area contributed by atoms with Crippen molar-refractivity contribution in [3.05, 3.63) is 29.3 Å². The van der Waals surface area contributed by atoms with Crippen LogP contribution in [0.25, 0.3) is 0 Å². The van der Waals surface area contributed by atoms with E-state index in [9.17, 15) is 4.79 Å². The molecule has 32 heavy (non-hydrogen) atoms. The van der Waals surface area contributed by atoms with Gasteiger partial charge in [0, 0.05) is 38.6 Å². The van der Waals surface area contributed by atoms with E-state index in [1.165, 1.54) is 5.56 Å². The first-order valence-corrected chi connectivity index (χ1v) is 12.1. The number of hydrogen-bond acceptors (Lipinski definition) is 3. The zero-order chi connectivity index (χ0) is 23.3. The van der Waals surface area contributed by atoms with E-state index >= 15 is 0 Å². The summed E-state index contributed by atoms with van der Waals surface area (Å²) in [5, 5.41) is 9.15. The van der Waals surface area contributed by atoms with E-state index < -0.39 is 0 Å². The number of aryl methyl sites for hydroxylation is 2. The number of benzene rings is 1. The Hall–Kier alpha value is -2.48. The van der Waals surface area contributed by atoms with E-state index in [4.69, 9.17) is 12.2 Å². The second-order valence-electron chi connectivity index (χ2n) is 8.14. The Morgan fingerprint density at radius 3 is 2.69 bits per heavy atom. The van der Waals surface area contributed by atoms with Crippen LogP contribution in [0.5, 0.6) is 0 Å². The number of nitrogens with zero attached hydrogens (tertiary/aromatic N) is 3. The predicted octanol–water partition coefficient (Wildman–Crippen LogP) is 4.51. The van der Waals surface area contributed by atoms with Crippen LogP contribution in [0.3, 0.4) is 0 Å². The Morgan fingerprint density at radius 1 is 1.28 bits per heavy atom. The molecule has 0 bridgehead atoms. The molecule has 1 aliphatic rings. The number of aliphatic imine (C=N–C) groups is 2. The molecular weight excluding hydrogens is 420 g/mol. The number of amides is 2. The number of anilines is 1. The summed E-state index contributed by atoms with van der Waals surface area (Å²) >= 11 is 5.33. The summed E-state index contributed by atoms with van der Waals surface area (Å²) in [6, 6.07) is 5.86. The van der Waals surface area contributed by atoms with E-state index in [1.54, 1.807) is 7.05 Å². The van der Waals surface area contributed by atoms with Gasteiger partial charge < -0.3 is 15.5 Å². The summed E-state index contributed by atoms with van der Waals surface area (Å²) < 4.78 is 0. The molecule has 0 aromatic heterocycles. The predicted molar refractivity (Wildman–Crippen MR) is 139 cm³/mol. The third-order valence-electron chi connectivity index (χ3n) is 5.77. The van der Waals surface area contributed by atoms with Crippen molar-refractivity contribution in [2.45, 2.75) is 59.3 Å². The molecule has 2 amide bonds. The van der Waals surface area contributed by atoms with Crippen LogP contribution in [0.1, 0.15) is 57.1 Å². The van der Waals surface area contributed by atoms with Crippen molar-refractivity contribution < 1.29 is 4.79 Å². The number of rotatable bonds is 7. The molecule has 2 rings (SSSR count). The molecule has 1 saturated heterocycles. The summed E-state index contributed by atoms with van der Waals surface area (Å²) in [6.45, 7) is 8.82. The van der Waals surface area contributed by atoms with Crippen molar-refractivity contribution in [3.63, 3.8) is 0 Å². The van der Waals surface area contributed by atoms with Crippen LogP contribution in [0.2, 0.25) is 0 Å². The Kier molecular flexibility index (Phi) is 11.1. The van der Waals surface area contributed by atoms with E-state index in [2.05, 4.69) is 50.7 Å². The highest BCUT2D eigenvalue weighted by Crippen LogP contribution is 2.21. The molecule has 0 atom stereocenters. The first-order valence-electron chi connectivity index (χ1n) is 11.7. The Labute approximate surface area is 198 Å². The lowest BCUT2D eigenvalue weighted by Gasteiger charge is -2.32. The third kappa shape index (κ3) is 8.22. The second kappa shape index (κ2) is 13.8. The highest BCUT2D eigenvalue weighted by molar-refractivity contribution is 7.80. The number of para-hydroxylation sites is 1. The molecule has 3 N–H and O–H groups in total. The van der Waals surface area contributed by atoms with Gasteiger partial charge in [0.15, 0.2) is 5.11 Å². The molecular formula is C24H38N6OS. The molecule has 1 aliphatic heterocycles. The number of piperidine rings is 1. The molecule has 1 fully saturated rings. The van der Waals surface area contributed by atoms with Crippen LogP contribution >= 0.6 is 12.2 Å². The second-order valence-corrected chi connectivity index (χ2v) is 8.55. The Bertz CT molecular complexity index is 815. The Morgan fingerprint density at radius 2 is 2.03 bits per heavy atom. The molecule has 176 valence electrons. The van der Waals surface area contributed by atoms with Gasteiger partial charge in [0.1, 0.15) is 0 Å². The van der Waals surface area contributed by atoms with E-state index in [1.807, 2.05) is 25.3 Å². The summed E-state index contributed by atoms with van der Waals surface area (Å²) in [5.41, 5.74) is 3.25. The van der Waals surface area contributed by atoms with Crippen LogP contribution in [-0.2, 0) is 6.42 Å². The smallest absolute Gasteiger partial charge is 0.321 e. The fourth-order valence-corrected chi connectivity index (χ4v) is 4.06. The van der Waals surface area contributed by atoms with Crippen molar-refractivity contribution in [1.82, 2.24) is 15.5 Å². The molecule has 0 unspecified atom stereocenters. The maximum Gasteiger partial charge on any atom is 0.321 e. The maximum absolute atomic E-state index is 12.2. The lowest BCUT2D eigenvalue weighted by atomic mass is 9.94. The number of thiocarbonyl (C=S) groups is 1. The molecule has 0 saturated carbocycles. The number of urea groups is 1. The number of guanidine groups is 1. The molecule has 1 heterocycles. The summed E-state index contributed by atoms with van der Waals surface area (Å²) in [6.07, 6.45) is 8.05. The van der Waals surface area contributed by atoms with Gasteiger partial charge in [-0.2, -0.15) is 0 Å². The number of likely N-dealkylation sites (tertiary alicyclic amines) is 1. The summed E-state index contributed by atoms with van der Waals surface area (Å²) in [5.74, 6) is 1.42. The quantitative estimate of drug-likeness (QED) is 0.319. The number of nitrogens with one attached hydrogen (secondary N) is 3. The van der Waals surface area contributed by atoms with Gasteiger partial charge in [-0.15, -0.1) is 0 Å². The van der Waals surface area contributed by atoms with Crippen LogP contribution in [0, 0.1) is 12.8 Å². The van der Waals surface area contributed by atoms with Crippen LogP contribution in [0.4, 0.5) is 10.5 Å². The minimum absolute atomic E-state index is 0.266. The molecule has 0 radical (unpaired) electrons. The van der Waals surface area contributed by atoms with Crippen molar-refractivity contribution in [2.75, 3.05) is 32.0 Å². The highest BCUT2D eigenvalue weighted by atomic mass is 32.1. The van der Waals surface area contributed by atoms with Gasteiger partial charge >= 0.3 is 6.03 Å². The number of hydrogen-bond donors (Lipinski definition) is 3. The highest BCUT2D eigenvalue weighted by Gasteiger charge is 2.21. The van der Waals surface area contributed by atoms with E-state index in [0.29, 0.717) is 17.6 Å². The van der Waals surface area contributed by atoms with Gasteiger partial charge in [-0.05, 0) is 68.3 Å². The molecule has 1 aromatic carbocycles. The van der Waals surface area contributed by atoms with Crippen molar-refractivity contribution >= 4 is 41.2 Å². The monoisotopic (exact) mass is 458 g/mol.